The molecule has 0 saturated heterocycles. The van der Waals surface area contributed by atoms with E-state index in [9.17, 15) is 0 Å². The van der Waals surface area contributed by atoms with Gasteiger partial charge in [-0.25, -0.2) is 4.98 Å². The van der Waals surface area contributed by atoms with E-state index in [0.29, 0.717) is 0 Å². The van der Waals surface area contributed by atoms with Gasteiger partial charge in [0.2, 0.25) is 0 Å². The summed E-state index contributed by atoms with van der Waals surface area (Å²) in [5, 5.41) is 3.47. The van der Waals surface area contributed by atoms with Crippen molar-refractivity contribution in [1.82, 2.24) is 14.4 Å². The molecule has 0 saturated carbocycles. The van der Waals surface area contributed by atoms with Gasteiger partial charge < -0.3 is 0 Å². The fraction of sp³-hybridized carbons (Fsp3) is 0. The number of hydrogen-bond acceptors (Lipinski definition) is 2. The molecule has 29 heavy (non-hydrogen) atoms. The summed E-state index contributed by atoms with van der Waals surface area (Å²) in [4.78, 5) is 9.87. The van der Waals surface area contributed by atoms with Gasteiger partial charge in [0, 0.05) is 17.1 Å². The van der Waals surface area contributed by atoms with Crippen molar-refractivity contribution >= 4 is 27.2 Å². The van der Waals surface area contributed by atoms with Crippen LogP contribution in [-0.4, -0.2) is 14.4 Å². The number of benzene rings is 3. The van der Waals surface area contributed by atoms with Crippen LogP contribution < -0.4 is 0 Å². The predicted molar refractivity (Wildman–Crippen MR) is 119 cm³/mol. The molecule has 3 heterocycles. The minimum atomic E-state index is 0.909. The number of para-hydroxylation sites is 1. The molecule has 0 spiro atoms. The molecule has 136 valence electrons. The van der Waals surface area contributed by atoms with Crippen LogP contribution in [0.1, 0.15) is 0 Å². The summed E-state index contributed by atoms with van der Waals surface area (Å²) in [5.41, 5.74) is 5.11. The van der Waals surface area contributed by atoms with Gasteiger partial charge in [0.25, 0.3) is 0 Å². The molecular weight excluding hydrogens is 354 g/mol. The van der Waals surface area contributed by atoms with E-state index in [1.807, 2.05) is 18.3 Å². The first-order chi connectivity index (χ1) is 14.4. The van der Waals surface area contributed by atoms with Crippen LogP contribution in [0, 0.1) is 0 Å². The third-order valence-electron chi connectivity index (χ3n) is 5.44. The summed E-state index contributed by atoms with van der Waals surface area (Å²) in [7, 11) is 0. The molecule has 3 aromatic heterocycles. The van der Waals surface area contributed by atoms with Crippen molar-refractivity contribution in [3.63, 3.8) is 0 Å². The second-order valence-electron chi connectivity index (χ2n) is 7.14. The quantitative estimate of drug-likeness (QED) is 0.354. The molecule has 0 amide bonds. The molecule has 3 nitrogen and oxygen atoms in total. The van der Waals surface area contributed by atoms with Crippen LogP contribution >= 0.6 is 0 Å². The maximum atomic E-state index is 5.13. The Morgan fingerprint density at radius 2 is 1.31 bits per heavy atom. The maximum absolute atomic E-state index is 5.13. The zero-order valence-electron chi connectivity index (χ0n) is 15.7. The lowest BCUT2D eigenvalue weighted by Gasteiger charge is -2.07. The lowest BCUT2D eigenvalue weighted by Crippen LogP contribution is -1.91. The minimum Gasteiger partial charge on any atom is -0.292 e. The van der Waals surface area contributed by atoms with Gasteiger partial charge in [-0.05, 0) is 29.0 Å². The fourth-order valence-corrected chi connectivity index (χ4v) is 4.09. The lowest BCUT2D eigenvalue weighted by atomic mass is 10.1. The van der Waals surface area contributed by atoms with E-state index in [0.717, 1.165) is 39.2 Å². The molecule has 0 radical (unpaired) electrons. The Kier molecular flexibility index (Phi) is 3.47. The monoisotopic (exact) mass is 371 g/mol. The zero-order valence-corrected chi connectivity index (χ0v) is 15.7. The number of aromatic nitrogens is 3. The highest BCUT2D eigenvalue weighted by Gasteiger charge is 2.18. The largest absolute Gasteiger partial charge is 0.292 e. The summed E-state index contributed by atoms with van der Waals surface area (Å²) in [6.45, 7) is 0. The van der Waals surface area contributed by atoms with Crippen LogP contribution in [0.3, 0.4) is 0 Å². The molecule has 0 fully saturated rings. The highest BCUT2D eigenvalue weighted by molar-refractivity contribution is 5.99. The van der Waals surface area contributed by atoms with E-state index < -0.39 is 0 Å². The Bertz CT molecular complexity index is 1490. The van der Waals surface area contributed by atoms with Crippen molar-refractivity contribution in [1.29, 1.82) is 0 Å². The third kappa shape index (κ3) is 2.44. The topological polar surface area (TPSA) is 30.2 Å². The molecule has 0 aliphatic heterocycles. The Morgan fingerprint density at radius 3 is 2.21 bits per heavy atom. The Labute approximate surface area is 167 Å². The van der Waals surface area contributed by atoms with Crippen molar-refractivity contribution in [2.24, 2.45) is 0 Å². The standard InChI is InChI=1S/C26H17N3/c1-2-10-20(11-3-1)26-28-25(24-21-12-6-4-8-18(21)16-17-27-24)23-15-14-19-9-5-7-13-22(19)29(23)26/h1-17H. The molecule has 0 aliphatic rings. The Morgan fingerprint density at radius 1 is 0.552 bits per heavy atom. The third-order valence-corrected chi connectivity index (χ3v) is 5.44. The highest BCUT2D eigenvalue weighted by Crippen LogP contribution is 2.34. The molecule has 0 bridgehead atoms. The molecule has 0 aliphatic carbocycles. The van der Waals surface area contributed by atoms with Crippen molar-refractivity contribution < 1.29 is 0 Å². The van der Waals surface area contributed by atoms with Crippen LogP contribution in [0.2, 0.25) is 0 Å². The lowest BCUT2D eigenvalue weighted by molar-refractivity contribution is 1.21. The zero-order chi connectivity index (χ0) is 19.2. The average molecular weight is 371 g/mol. The number of nitrogens with zero attached hydrogens (tertiary/aromatic N) is 3. The summed E-state index contributed by atoms with van der Waals surface area (Å²) in [6.07, 6.45) is 1.87. The number of rotatable bonds is 2. The van der Waals surface area contributed by atoms with Gasteiger partial charge in [-0.15, -0.1) is 0 Å². The van der Waals surface area contributed by atoms with Crippen LogP contribution in [0.4, 0.5) is 0 Å². The summed E-state index contributed by atoms with van der Waals surface area (Å²) in [5.74, 6) is 0.933. The Hall–Kier alpha value is -3.98. The predicted octanol–water partition coefficient (Wildman–Crippen LogP) is 6.37. The summed E-state index contributed by atoms with van der Waals surface area (Å²) >= 11 is 0. The first-order valence-electron chi connectivity index (χ1n) is 9.70. The van der Waals surface area contributed by atoms with Crippen molar-refractivity contribution in [3.8, 4) is 22.8 Å². The molecule has 0 N–H and O–H groups in total. The van der Waals surface area contributed by atoms with Gasteiger partial charge in [-0.1, -0.05) is 78.9 Å². The normalized spacial score (nSPS) is 11.4. The second kappa shape index (κ2) is 6.28. The van der Waals surface area contributed by atoms with E-state index in [1.54, 1.807) is 0 Å². The van der Waals surface area contributed by atoms with E-state index in [4.69, 9.17) is 9.97 Å². The molecule has 3 aromatic carbocycles. The van der Waals surface area contributed by atoms with Gasteiger partial charge in [-0.2, -0.15) is 0 Å². The summed E-state index contributed by atoms with van der Waals surface area (Å²) < 4.78 is 2.25. The number of hydrogen-bond donors (Lipinski definition) is 0. The molecule has 0 atom stereocenters. The van der Waals surface area contributed by atoms with Crippen molar-refractivity contribution in [3.05, 3.63) is 103 Å². The molecule has 6 rings (SSSR count). The SMILES string of the molecule is c1ccc(-c2nc(-c3nccc4ccccc34)c3ccc4ccccc4n23)cc1. The first-order valence-corrected chi connectivity index (χ1v) is 9.70. The number of pyridine rings is 2. The second-order valence-corrected chi connectivity index (χ2v) is 7.14. The summed E-state index contributed by atoms with van der Waals surface area (Å²) in [6, 6.07) is 33.5. The number of fused-ring (bicyclic) bond motifs is 4. The minimum absolute atomic E-state index is 0.909. The van der Waals surface area contributed by atoms with Gasteiger partial charge in [-0.3, -0.25) is 9.38 Å². The van der Waals surface area contributed by atoms with Crippen LogP contribution in [0.5, 0.6) is 0 Å². The van der Waals surface area contributed by atoms with Crippen LogP contribution in [0.25, 0.3) is 50.0 Å². The average Bonchev–Trinajstić information content (AvgIpc) is 3.19. The van der Waals surface area contributed by atoms with Crippen LogP contribution in [0.15, 0.2) is 103 Å². The van der Waals surface area contributed by atoms with Gasteiger partial charge in [0.15, 0.2) is 0 Å². The first kappa shape index (κ1) is 16.0. The number of imidazole rings is 1. The van der Waals surface area contributed by atoms with E-state index in [2.05, 4.69) is 89.3 Å². The Balaban J connectivity index is 1.78. The van der Waals surface area contributed by atoms with Gasteiger partial charge in [0.05, 0.1) is 16.7 Å². The van der Waals surface area contributed by atoms with E-state index in [1.165, 1.54) is 10.8 Å². The van der Waals surface area contributed by atoms with E-state index >= 15 is 0 Å². The maximum Gasteiger partial charge on any atom is 0.145 e. The molecule has 0 unspecified atom stereocenters. The van der Waals surface area contributed by atoms with Crippen molar-refractivity contribution in [2.45, 2.75) is 0 Å². The molecule has 6 aromatic rings. The molecule has 3 heteroatoms. The van der Waals surface area contributed by atoms with Gasteiger partial charge >= 0.3 is 0 Å². The highest BCUT2D eigenvalue weighted by atomic mass is 15.0. The van der Waals surface area contributed by atoms with E-state index in [-0.39, 0.29) is 0 Å². The van der Waals surface area contributed by atoms with Crippen LogP contribution in [-0.2, 0) is 0 Å². The smallest absolute Gasteiger partial charge is 0.145 e. The fourth-order valence-electron chi connectivity index (χ4n) is 4.09. The van der Waals surface area contributed by atoms with Crippen molar-refractivity contribution in [2.75, 3.05) is 0 Å². The molecular formula is C26H17N3. The van der Waals surface area contributed by atoms with Gasteiger partial charge in [0.1, 0.15) is 11.5 Å².